The molecule has 32 heavy (non-hydrogen) atoms. The lowest BCUT2D eigenvalue weighted by Gasteiger charge is -2.46. The summed E-state index contributed by atoms with van der Waals surface area (Å²) < 4.78 is 24.6. The maximum atomic E-state index is 13.6. The van der Waals surface area contributed by atoms with Gasteiger partial charge in [0.1, 0.15) is 0 Å². The summed E-state index contributed by atoms with van der Waals surface area (Å²) in [6.45, 7) is 11.0. The fourth-order valence-corrected chi connectivity index (χ4v) is 4.50. The van der Waals surface area contributed by atoms with Gasteiger partial charge in [-0.25, -0.2) is 9.59 Å². The molecule has 0 radical (unpaired) electrons. The summed E-state index contributed by atoms with van der Waals surface area (Å²) in [4.78, 5) is 27.2. The number of ether oxygens (including phenoxy) is 4. The third-order valence-electron chi connectivity index (χ3n) is 7.36. The Labute approximate surface area is 195 Å². The Morgan fingerprint density at radius 2 is 1.00 bits per heavy atom. The van der Waals surface area contributed by atoms with E-state index in [1.165, 1.54) is 12.8 Å². The molecule has 2 aliphatic carbocycles. The summed E-state index contributed by atoms with van der Waals surface area (Å²) in [5.74, 6) is -1.09. The van der Waals surface area contributed by atoms with Crippen molar-refractivity contribution in [2.24, 2.45) is 0 Å². The molecule has 0 N–H and O–H groups in total. The van der Waals surface area contributed by atoms with Crippen LogP contribution in [0.15, 0.2) is 0 Å². The van der Waals surface area contributed by atoms with E-state index in [1.807, 2.05) is 27.7 Å². The Hall–Kier alpha value is -1.14. The van der Waals surface area contributed by atoms with Gasteiger partial charge in [-0.05, 0) is 66.2 Å². The summed E-state index contributed by atoms with van der Waals surface area (Å²) in [5.41, 5.74) is -3.19. The van der Waals surface area contributed by atoms with Crippen molar-refractivity contribution in [1.29, 1.82) is 0 Å². The van der Waals surface area contributed by atoms with E-state index in [4.69, 9.17) is 18.9 Å². The lowest BCUT2D eigenvalue weighted by molar-refractivity contribution is -0.253. The lowest BCUT2D eigenvalue weighted by atomic mass is 9.83. The van der Waals surface area contributed by atoms with Gasteiger partial charge in [0, 0.05) is 0 Å². The van der Waals surface area contributed by atoms with E-state index < -0.39 is 23.1 Å². The number of carbonyl (C=O) groups excluding carboxylic acids is 2. The van der Waals surface area contributed by atoms with Crippen molar-refractivity contribution in [2.75, 3.05) is 0 Å². The van der Waals surface area contributed by atoms with Gasteiger partial charge in [-0.15, -0.1) is 0 Å². The molecule has 2 saturated carbocycles. The predicted octanol–water partition coefficient (Wildman–Crippen LogP) is 5.89. The summed E-state index contributed by atoms with van der Waals surface area (Å²) in [5, 5.41) is 0. The quantitative estimate of drug-likeness (QED) is 0.363. The molecular formula is C26H46O6. The zero-order valence-electron chi connectivity index (χ0n) is 21.2. The van der Waals surface area contributed by atoms with Gasteiger partial charge in [0.25, 0.3) is 0 Å². The second-order valence-electron chi connectivity index (χ2n) is 10.1. The first-order chi connectivity index (χ1) is 15.2. The minimum absolute atomic E-state index is 0.107. The summed E-state index contributed by atoms with van der Waals surface area (Å²) in [7, 11) is 0. The van der Waals surface area contributed by atoms with Crippen molar-refractivity contribution in [3.05, 3.63) is 0 Å². The Kier molecular flexibility index (Phi) is 10.5. The minimum atomic E-state index is -1.60. The van der Waals surface area contributed by atoms with Gasteiger partial charge in [-0.2, -0.15) is 0 Å². The van der Waals surface area contributed by atoms with E-state index in [9.17, 15) is 9.59 Å². The van der Waals surface area contributed by atoms with Crippen molar-refractivity contribution in [3.8, 4) is 0 Å². The van der Waals surface area contributed by atoms with Crippen molar-refractivity contribution < 1.29 is 28.5 Å². The van der Waals surface area contributed by atoms with Gasteiger partial charge >= 0.3 is 11.9 Å². The molecule has 4 atom stereocenters. The highest BCUT2D eigenvalue weighted by atomic mass is 16.6. The highest BCUT2D eigenvalue weighted by Gasteiger charge is 2.62. The van der Waals surface area contributed by atoms with Crippen LogP contribution >= 0.6 is 0 Å². The molecule has 6 heteroatoms. The number of esters is 2. The van der Waals surface area contributed by atoms with Gasteiger partial charge in [-0.1, -0.05) is 52.4 Å². The third-order valence-corrected chi connectivity index (χ3v) is 7.36. The second-order valence-corrected chi connectivity index (χ2v) is 10.1. The Morgan fingerprint density at radius 1 is 0.688 bits per heavy atom. The number of hydrogen-bond acceptors (Lipinski definition) is 6. The molecule has 186 valence electrons. The zero-order valence-corrected chi connectivity index (χ0v) is 21.2. The van der Waals surface area contributed by atoms with Crippen molar-refractivity contribution in [3.63, 3.8) is 0 Å². The van der Waals surface area contributed by atoms with Gasteiger partial charge in [0.15, 0.2) is 0 Å². The van der Waals surface area contributed by atoms with E-state index in [-0.39, 0.29) is 24.4 Å². The summed E-state index contributed by atoms with van der Waals surface area (Å²) in [6.07, 6.45) is 10.6. The molecule has 4 unspecified atom stereocenters. The van der Waals surface area contributed by atoms with E-state index >= 15 is 0 Å². The largest absolute Gasteiger partial charge is 0.460 e. The summed E-state index contributed by atoms with van der Waals surface area (Å²) >= 11 is 0. The maximum Gasteiger partial charge on any atom is 0.342 e. The molecule has 2 aliphatic rings. The third kappa shape index (κ3) is 6.69. The second kappa shape index (κ2) is 12.4. The first-order valence-electron chi connectivity index (χ1n) is 12.9. The number of hydrogen-bond donors (Lipinski definition) is 0. The smallest absolute Gasteiger partial charge is 0.342 e. The predicted molar refractivity (Wildman–Crippen MR) is 124 cm³/mol. The fourth-order valence-electron chi connectivity index (χ4n) is 4.50. The lowest BCUT2D eigenvalue weighted by Crippen LogP contribution is -2.66. The van der Waals surface area contributed by atoms with E-state index in [1.54, 1.807) is 13.8 Å². The molecule has 0 bridgehead atoms. The molecule has 0 aliphatic heterocycles. The van der Waals surface area contributed by atoms with Crippen LogP contribution in [0.25, 0.3) is 0 Å². The van der Waals surface area contributed by atoms with Crippen LogP contribution in [0.5, 0.6) is 0 Å². The highest BCUT2D eigenvalue weighted by molar-refractivity contribution is 5.92. The molecule has 0 heterocycles. The van der Waals surface area contributed by atoms with Gasteiger partial charge in [-0.3, -0.25) is 0 Å². The molecule has 0 aromatic rings. The average Bonchev–Trinajstić information content (AvgIpc) is 2.79. The molecule has 0 spiro atoms. The molecule has 2 rings (SSSR count). The zero-order chi connectivity index (χ0) is 23.8. The van der Waals surface area contributed by atoms with Gasteiger partial charge in [0.2, 0.25) is 11.2 Å². The van der Waals surface area contributed by atoms with Gasteiger partial charge in [0.05, 0.1) is 24.4 Å². The SMILES string of the molecule is CCC(C)OC(=O)C(C)(OC1CCCCC1)C(C)(OC1CCCCC1)C(=O)OC(C)CC. The van der Waals surface area contributed by atoms with Crippen LogP contribution in [-0.4, -0.2) is 47.6 Å². The first-order valence-corrected chi connectivity index (χ1v) is 12.9. The van der Waals surface area contributed by atoms with Crippen molar-refractivity contribution >= 4 is 11.9 Å². The van der Waals surface area contributed by atoms with E-state index in [0.717, 1.165) is 51.4 Å². The van der Waals surface area contributed by atoms with Crippen LogP contribution in [0.2, 0.25) is 0 Å². The van der Waals surface area contributed by atoms with Crippen molar-refractivity contribution in [2.45, 2.75) is 154 Å². The summed E-state index contributed by atoms with van der Waals surface area (Å²) in [6, 6.07) is 0. The molecule has 0 aromatic heterocycles. The van der Waals surface area contributed by atoms with Crippen LogP contribution in [0.3, 0.4) is 0 Å². The average molecular weight is 455 g/mol. The van der Waals surface area contributed by atoms with Crippen LogP contribution in [-0.2, 0) is 28.5 Å². The van der Waals surface area contributed by atoms with Crippen LogP contribution in [0.4, 0.5) is 0 Å². The van der Waals surface area contributed by atoms with E-state index in [2.05, 4.69) is 0 Å². The Bertz CT molecular complexity index is 543. The number of carbonyl (C=O) groups is 2. The van der Waals surface area contributed by atoms with Crippen LogP contribution < -0.4 is 0 Å². The van der Waals surface area contributed by atoms with Crippen LogP contribution in [0.1, 0.15) is 119 Å². The first kappa shape index (κ1) is 27.1. The molecule has 0 saturated heterocycles. The fraction of sp³-hybridized carbons (Fsp3) is 0.923. The van der Waals surface area contributed by atoms with Crippen molar-refractivity contribution in [1.82, 2.24) is 0 Å². The molecule has 0 aromatic carbocycles. The maximum absolute atomic E-state index is 13.6. The Morgan fingerprint density at radius 3 is 1.28 bits per heavy atom. The van der Waals surface area contributed by atoms with Crippen LogP contribution in [0, 0.1) is 0 Å². The highest BCUT2D eigenvalue weighted by Crippen LogP contribution is 2.40. The number of rotatable bonds is 11. The molecule has 6 nitrogen and oxygen atoms in total. The van der Waals surface area contributed by atoms with E-state index in [0.29, 0.717) is 12.8 Å². The normalized spacial score (nSPS) is 24.1. The molecule has 0 amide bonds. The standard InChI is InChI=1S/C26H46O6/c1-7-19(3)29-23(27)25(5,31-21-15-11-9-12-16-21)26(6,24(28)30-20(4)8-2)32-22-17-13-10-14-18-22/h19-22H,7-18H2,1-6H3. The molecular weight excluding hydrogens is 408 g/mol. The van der Waals surface area contributed by atoms with Gasteiger partial charge < -0.3 is 18.9 Å². The Balaban J connectivity index is 2.43. The minimum Gasteiger partial charge on any atom is -0.460 e. The topological polar surface area (TPSA) is 71.1 Å². The molecule has 2 fully saturated rings. The monoisotopic (exact) mass is 454 g/mol.